The number of carbonyl (C=O) groups is 1. The number of fused-ring (bicyclic) bond motifs is 2. The average molecular weight is 424 g/mol. The Balaban J connectivity index is 1.21. The molecule has 0 bridgehead atoms. The van der Waals surface area contributed by atoms with E-state index in [2.05, 4.69) is 21.2 Å². The average Bonchev–Trinajstić information content (AvgIpc) is 3.20. The van der Waals surface area contributed by atoms with Crippen molar-refractivity contribution in [2.24, 2.45) is 0 Å². The molecule has 0 aliphatic carbocycles. The van der Waals surface area contributed by atoms with Crippen LogP contribution in [0, 0.1) is 5.82 Å². The van der Waals surface area contributed by atoms with Gasteiger partial charge in [0.1, 0.15) is 11.6 Å². The summed E-state index contributed by atoms with van der Waals surface area (Å²) < 4.78 is 28.8. The second-order valence-electron chi connectivity index (χ2n) is 7.63. The number of piperazine rings is 1. The number of amides is 1. The molecule has 2 aromatic carbocycles. The summed E-state index contributed by atoms with van der Waals surface area (Å²) in [4.78, 5) is 16.1. The van der Waals surface area contributed by atoms with Crippen molar-refractivity contribution in [2.45, 2.75) is 6.42 Å². The summed E-state index contributed by atoms with van der Waals surface area (Å²) in [7, 11) is 0. The lowest BCUT2D eigenvalue weighted by Gasteiger charge is -2.36. The second-order valence-corrected chi connectivity index (χ2v) is 8.58. The molecule has 2 aliphatic heterocycles. The summed E-state index contributed by atoms with van der Waals surface area (Å²) in [6, 6.07) is 10.7. The van der Waals surface area contributed by atoms with Gasteiger partial charge in [0.05, 0.1) is 5.69 Å². The zero-order valence-corrected chi connectivity index (χ0v) is 17.1. The third-order valence-corrected chi connectivity index (χ3v) is 6.61. The minimum absolute atomic E-state index is 0.190. The number of carbonyl (C=O) groups excluding carboxylic acids is 1. The summed E-state index contributed by atoms with van der Waals surface area (Å²) in [6.07, 6.45) is 1.72. The molecule has 0 atom stereocenters. The van der Waals surface area contributed by atoms with Gasteiger partial charge < -0.3 is 4.90 Å². The monoisotopic (exact) mass is 424 g/mol. The molecule has 3 heterocycles. The Morgan fingerprint density at radius 3 is 2.70 bits per heavy atom. The minimum Gasteiger partial charge on any atom is -0.368 e. The number of hydrogen-bond acceptors (Lipinski definition) is 4. The van der Waals surface area contributed by atoms with Crippen LogP contribution in [0.25, 0.3) is 15.9 Å². The lowest BCUT2D eigenvalue weighted by Crippen LogP contribution is -2.47. The largest absolute Gasteiger partial charge is 0.368 e. The van der Waals surface area contributed by atoms with Crippen molar-refractivity contribution in [1.29, 1.82) is 0 Å². The van der Waals surface area contributed by atoms with E-state index in [4.69, 9.17) is 0 Å². The van der Waals surface area contributed by atoms with Gasteiger partial charge >= 0.3 is 0 Å². The third kappa shape index (κ3) is 3.70. The fourth-order valence-corrected chi connectivity index (χ4v) is 4.98. The number of halogens is 2. The summed E-state index contributed by atoms with van der Waals surface area (Å²) in [6.45, 7) is 4.35. The van der Waals surface area contributed by atoms with Gasteiger partial charge in [-0.15, -0.1) is 11.3 Å². The number of anilines is 1. The zero-order chi connectivity index (χ0) is 20.7. The van der Waals surface area contributed by atoms with Gasteiger partial charge in [-0.3, -0.25) is 9.69 Å². The quantitative estimate of drug-likeness (QED) is 0.619. The van der Waals surface area contributed by atoms with Crippen molar-refractivity contribution in [3.05, 3.63) is 64.8 Å². The second kappa shape index (κ2) is 7.81. The molecule has 1 amide bonds. The SMILES string of the molecule is O=C1C=C(F)c2ccc(CCN3CCN(c4cc(F)cc5sccc45)CC3)cc2[N]1. The fourth-order valence-electron chi connectivity index (χ4n) is 4.15. The van der Waals surface area contributed by atoms with Gasteiger partial charge in [0.15, 0.2) is 0 Å². The normalized spacial score (nSPS) is 17.1. The molecule has 0 spiro atoms. The summed E-state index contributed by atoms with van der Waals surface area (Å²) >= 11 is 1.56. The summed E-state index contributed by atoms with van der Waals surface area (Å²) in [5.74, 6) is -1.26. The van der Waals surface area contributed by atoms with Gasteiger partial charge in [0.2, 0.25) is 0 Å². The molecule has 0 N–H and O–H groups in total. The molecule has 5 rings (SSSR count). The number of thiophene rings is 1. The van der Waals surface area contributed by atoms with Crippen molar-refractivity contribution in [2.75, 3.05) is 37.6 Å². The van der Waals surface area contributed by atoms with Crippen LogP contribution in [0.5, 0.6) is 0 Å². The van der Waals surface area contributed by atoms with Crippen LogP contribution in [0.2, 0.25) is 0 Å². The smallest absolute Gasteiger partial charge is 0.273 e. The van der Waals surface area contributed by atoms with Gasteiger partial charge in [-0.25, -0.2) is 14.1 Å². The summed E-state index contributed by atoms with van der Waals surface area (Å²) in [5.41, 5.74) is 2.80. The van der Waals surface area contributed by atoms with E-state index in [0.717, 1.165) is 66.6 Å². The van der Waals surface area contributed by atoms with Gasteiger partial charge in [-0.2, -0.15) is 0 Å². The van der Waals surface area contributed by atoms with Crippen LogP contribution in [0.15, 0.2) is 47.9 Å². The molecule has 2 aliphatic rings. The molecule has 1 radical (unpaired) electrons. The maximum atomic E-state index is 14.0. The Kier molecular flexibility index (Phi) is 5.00. The van der Waals surface area contributed by atoms with E-state index in [1.54, 1.807) is 35.6 Å². The van der Waals surface area contributed by atoms with Crippen LogP contribution < -0.4 is 10.2 Å². The third-order valence-electron chi connectivity index (χ3n) is 5.74. The summed E-state index contributed by atoms with van der Waals surface area (Å²) in [5, 5.41) is 7.04. The van der Waals surface area contributed by atoms with Gasteiger partial charge in [0, 0.05) is 60.1 Å². The Morgan fingerprint density at radius 2 is 1.87 bits per heavy atom. The molecule has 4 nitrogen and oxygen atoms in total. The maximum Gasteiger partial charge on any atom is 0.273 e. The molecule has 1 aromatic heterocycles. The molecular formula is C23H20F2N3OS. The van der Waals surface area contributed by atoms with Crippen LogP contribution >= 0.6 is 11.3 Å². The molecule has 153 valence electrons. The Hall–Kier alpha value is -2.77. The van der Waals surface area contributed by atoms with E-state index in [-0.39, 0.29) is 5.82 Å². The molecule has 1 fully saturated rings. The van der Waals surface area contributed by atoms with Gasteiger partial charge in [-0.1, -0.05) is 6.07 Å². The van der Waals surface area contributed by atoms with Crippen LogP contribution in [0.4, 0.5) is 20.2 Å². The van der Waals surface area contributed by atoms with Crippen molar-refractivity contribution < 1.29 is 13.6 Å². The van der Waals surface area contributed by atoms with E-state index in [1.807, 2.05) is 11.4 Å². The number of benzene rings is 2. The molecule has 3 aromatic rings. The van der Waals surface area contributed by atoms with Crippen molar-refractivity contribution in [3.63, 3.8) is 0 Å². The number of nitrogens with zero attached hydrogens (tertiary/aromatic N) is 3. The van der Waals surface area contributed by atoms with Gasteiger partial charge in [-0.05, 0) is 47.7 Å². The first kappa shape index (κ1) is 19.2. The number of hydrogen-bond donors (Lipinski definition) is 0. The fraction of sp³-hybridized carbons (Fsp3) is 0.261. The highest BCUT2D eigenvalue weighted by Crippen LogP contribution is 2.33. The van der Waals surface area contributed by atoms with E-state index in [0.29, 0.717) is 11.3 Å². The number of rotatable bonds is 4. The van der Waals surface area contributed by atoms with Crippen molar-refractivity contribution >= 4 is 44.5 Å². The first-order chi connectivity index (χ1) is 14.6. The van der Waals surface area contributed by atoms with E-state index in [9.17, 15) is 13.6 Å². The topological polar surface area (TPSA) is 37.7 Å². The zero-order valence-electron chi connectivity index (χ0n) is 16.3. The first-order valence-corrected chi connectivity index (χ1v) is 10.8. The Labute approximate surface area is 177 Å². The van der Waals surface area contributed by atoms with Gasteiger partial charge in [0.25, 0.3) is 5.91 Å². The van der Waals surface area contributed by atoms with Crippen molar-refractivity contribution in [1.82, 2.24) is 10.2 Å². The maximum absolute atomic E-state index is 14.0. The van der Waals surface area contributed by atoms with E-state index >= 15 is 0 Å². The van der Waals surface area contributed by atoms with Crippen LogP contribution in [-0.2, 0) is 11.2 Å². The van der Waals surface area contributed by atoms with Crippen LogP contribution in [0.1, 0.15) is 11.1 Å². The van der Waals surface area contributed by atoms with Crippen LogP contribution in [0.3, 0.4) is 0 Å². The highest BCUT2D eigenvalue weighted by atomic mass is 32.1. The van der Waals surface area contributed by atoms with Crippen molar-refractivity contribution in [3.8, 4) is 0 Å². The minimum atomic E-state index is -0.551. The molecule has 0 saturated carbocycles. The molecule has 0 unspecified atom stereocenters. The molecule has 1 saturated heterocycles. The van der Waals surface area contributed by atoms with E-state index in [1.165, 1.54) is 0 Å². The molecular weight excluding hydrogens is 404 g/mol. The lowest BCUT2D eigenvalue weighted by atomic mass is 10.0. The van der Waals surface area contributed by atoms with E-state index < -0.39 is 11.7 Å². The lowest BCUT2D eigenvalue weighted by molar-refractivity contribution is -0.115. The highest BCUT2D eigenvalue weighted by Gasteiger charge is 2.21. The molecule has 30 heavy (non-hydrogen) atoms. The first-order valence-electron chi connectivity index (χ1n) is 9.97. The predicted molar refractivity (Wildman–Crippen MR) is 116 cm³/mol. The Bertz CT molecular complexity index is 1150. The molecule has 7 heteroatoms. The standard InChI is InChI=1S/C23H20F2N3OS/c24-16-12-21(18-4-10-30-22(18)13-16)28-8-6-27(7-9-28)5-3-15-1-2-17-19(25)14-23(29)26-20(17)11-15/h1-2,4,10-14H,3,5-9H2. The van der Waals surface area contributed by atoms with Crippen LogP contribution in [-0.4, -0.2) is 43.5 Å². The highest BCUT2D eigenvalue weighted by molar-refractivity contribution is 7.17. The predicted octanol–water partition coefficient (Wildman–Crippen LogP) is 4.49. The Morgan fingerprint density at radius 1 is 1.03 bits per heavy atom.